The fourth-order valence-electron chi connectivity index (χ4n) is 4.50. The van der Waals surface area contributed by atoms with Crippen molar-refractivity contribution >= 4 is 29.4 Å². The quantitative estimate of drug-likeness (QED) is 0.235. The van der Waals surface area contributed by atoms with Gasteiger partial charge in [-0.2, -0.15) is 0 Å². The second-order valence-corrected chi connectivity index (χ2v) is 10.1. The number of rotatable bonds is 9. The van der Waals surface area contributed by atoms with Gasteiger partial charge in [0.25, 0.3) is 5.56 Å². The number of carboxylic acids is 1. The molecule has 10 heteroatoms. The number of hydrogen-bond donors (Lipinski definition) is 1. The molecular formula is C31H26N2O7S. The van der Waals surface area contributed by atoms with Crippen LogP contribution in [-0.2, 0) is 9.53 Å². The zero-order valence-electron chi connectivity index (χ0n) is 22.3. The molecule has 0 spiro atoms. The van der Waals surface area contributed by atoms with Crippen molar-refractivity contribution in [1.29, 1.82) is 0 Å². The van der Waals surface area contributed by atoms with Gasteiger partial charge < -0.3 is 19.0 Å². The van der Waals surface area contributed by atoms with Crippen molar-refractivity contribution in [3.05, 3.63) is 121 Å². The number of allylic oxidation sites excluding steroid dienone is 1. The van der Waals surface area contributed by atoms with E-state index >= 15 is 0 Å². The van der Waals surface area contributed by atoms with Crippen LogP contribution in [0, 0.1) is 0 Å². The van der Waals surface area contributed by atoms with Crippen molar-refractivity contribution in [2.45, 2.75) is 19.9 Å². The van der Waals surface area contributed by atoms with Crippen LogP contribution in [-0.4, -0.2) is 34.8 Å². The summed E-state index contributed by atoms with van der Waals surface area (Å²) in [6.07, 6.45) is 3.28. The normalized spacial score (nSPS) is 14.8. The van der Waals surface area contributed by atoms with Gasteiger partial charge >= 0.3 is 11.9 Å². The molecule has 208 valence electrons. The van der Waals surface area contributed by atoms with Gasteiger partial charge in [-0.15, -0.1) is 0 Å². The lowest BCUT2D eigenvalue weighted by molar-refractivity contribution is -0.139. The van der Waals surface area contributed by atoms with Gasteiger partial charge in [0.15, 0.2) is 4.80 Å². The highest BCUT2D eigenvalue weighted by atomic mass is 32.1. The zero-order valence-corrected chi connectivity index (χ0v) is 23.1. The van der Waals surface area contributed by atoms with E-state index in [9.17, 15) is 14.4 Å². The molecule has 41 heavy (non-hydrogen) atoms. The molecule has 4 aromatic rings. The van der Waals surface area contributed by atoms with E-state index in [4.69, 9.17) is 19.0 Å². The first-order valence-corrected chi connectivity index (χ1v) is 13.6. The van der Waals surface area contributed by atoms with Crippen molar-refractivity contribution < 1.29 is 28.6 Å². The maximum absolute atomic E-state index is 13.8. The smallest absolute Gasteiger partial charge is 0.338 e. The molecule has 2 aromatic carbocycles. The van der Waals surface area contributed by atoms with Crippen LogP contribution in [0.2, 0.25) is 0 Å². The standard InChI is InChI=1S/C31H26N2O7S/c1-4-16-39-22-12-10-20(11-13-22)27-26(30(37)38-5-2)18(3)32-31-33(27)28(34)25(41-31)17-23-14-15-24(40-23)19-6-8-21(9-7-19)29(35)36/h4,6-15,17,27H,1,5,16H2,2-3H3,(H,35,36). The third-order valence-corrected chi connectivity index (χ3v) is 7.38. The minimum atomic E-state index is -1.01. The van der Waals surface area contributed by atoms with E-state index in [-0.39, 0.29) is 23.3 Å². The number of benzene rings is 2. The highest BCUT2D eigenvalue weighted by molar-refractivity contribution is 7.07. The lowest BCUT2D eigenvalue weighted by atomic mass is 9.96. The van der Waals surface area contributed by atoms with E-state index in [0.717, 1.165) is 0 Å². The van der Waals surface area contributed by atoms with E-state index in [1.807, 2.05) is 12.1 Å². The molecule has 0 amide bonds. The lowest BCUT2D eigenvalue weighted by Gasteiger charge is -2.24. The Balaban J connectivity index is 1.57. The molecular weight excluding hydrogens is 544 g/mol. The molecule has 9 nitrogen and oxygen atoms in total. The number of ether oxygens (including phenoxy) is 2. The lowest BCUT2D eigenvalue weighted by Crippen LogP contribution is -2.39. The Morgan fingerprint density at radius 2 is 1.85 bits per heavy atom. The van der Waals surface area contributed by atoms with E-state index in [0.29, 0.717) is 50.0 Å². The van der Waals surface area contributed by atoms with Gasteiger partial charge in [-0.1, -0.05) is 48.3 Å². The first kappa shape index (κ1) is 27.6. The summed E-state index contributed by atoms with van der Waals surface area (Å²) in [4.78, 5) is 43.0. The number of carbonyl (C=O) groups excluding carboxylic acids is 1. The summed E-state index contributed by atoms with van der Waals surface area (Å²) in [5.41, 5.74) is 2.00. The number of fused-ring (bicyclic) bond motifs is 1. The molecule has 0 radical (unpaired) electrons. The minimum absolute atomic E-state index is 0.174. The largest absolute Gasteiger partial charge is 0.490 e. The SMILES string of the molecule is C=CCOc1ccc(C2C(C(=O)OCC)=C(C)N=c3sc(=Cc4ccc(-c5ccc(C(=O)O)cc5)o4)c(=O)n32)cc1. The van der Waals surface area contributed by atoms with Crippen LogP contribution in [0.4, 0.5) is 0 Å². The number of carboxylic acid groups (broad SMARTS) is 1. The van der Waals surface area contributed by atoms with Crippen LogP contribution >= 0.6 is 11.3 Å². The van der Waals surface area contributed by atoms with Gasteiger partial charge in [0, 0.05) is 11.6 Å². The molecule has 0 aliphatic carbocycles. The summed E-state index contributed by atoms with van der Waals surface area (Å²) < 4.78 is 18.8. The Morgan fingerprint density at radius 1 is 1.12 bits per heavy atom. The third kappa shape index (κ3) is 5.55. The van der Waals surface area contributed by atoms with Gasteiger partial charge in [0.2, 0.25) is 0 Å². The number of nitrogens with zero attached hydrogens (tertiary/aromatic N) is 2. The number of hydrogen-bond acceptors (Lipinski definition) is 8. The van der Waals surface area contributed by atoms with Crippen LogP contribution in [0.5, 0.6) is 5.75 Å². The van der Waals surface area contributed by atoms with Gasteiger partial charge in [0.05, 0.1) is 34.0 Å². The van der Waals surface area contributed by atoms with Crippen molar-refractivity contribution in [2.75, 3.05) is 13.2 Å². The molecule has 0 saturated heterocycles. The molecule has 1 atom stereocenters. The number of aromatic nitrogens is 1. The molecule has 1 aliphatic rings. The first-order chi connectivity index (χ1) is 19.8. The Labute approximate surface area is 238 Å². The summed E-state index contributed by atoms with van der Waals surface area (Å²) in [5.74, 6) is 0.0474. The van der Waals surface area contributed by atoms with Crippen LogP contribution in [0.15, 0.2) is 98.8 Å². The van der Waals surface area contributed by atoms with Crippen LogP contribution in [0.1, 0.15) is 41.6 Å². The summed E-state index contributed by atoms with van der Waals surface area (Å²) in [5, 5.41) is 9.13. The van der Waals surface area contributed by atoms with E-state index in [1.54, 1.807) is 62.4 Å². The van der Waals surface area contributed by atoms with E-state index in [2.05, 4.69) is 11.6 Å². The van der Waals surface area contributed by atoms with Gasteiger partial charge in [-0.3, -0.25) is 9.36 Å². The maximum atomic E-state index is 13.8. The minimum Gasteiger partial charge on any atom is -0.490 e. The molecule has 0 fully saturated rings. The van der Waals surface area contributed by atoms with Crippen molar-refractivity contribution in [1.82, 2.24) is 4.57 Å². The average molecular weight is 571 g/mol. The Morgan fingerprint density at radius 3 is 2.51 bits per heavy atom. The Kier molecular flexibility index (Phi) is 7.84. The first-order valence-electron chi connectivity index (χ1n) is 12.8. The van der Waals surface area contributed by atoms with Crippen molar-refractivity contribution in [3.63, 3.8) is 0 Å². The van der Waals surface area contributed by atoms with Crippen molar-refractivity contribution in [3.8, 4) is 17.1 Å². The van der Waals surface area contributed by atoms with Gasteiger partial charge in [0.1, 0.15) is 23.9 Å². The van der Waals surface area contributed by atoms with Crippen LogP contribution in [0.25, 0.3) is 17.4 Å². The molecule has 0 saturated carbocycles. The Hall–Kier alpha value is -4.96. The maximum Gasteiger partial charge on any atom is 0.338 e. The second kappa shape index (κ2) is 11.6. The third-order valence-electron chi connectivity index (χ3n) is 6.40. The second-order valence-electron chi connectivity index (χ2n) is 9.06. The zero-order chi connectivity index (χ0) is 29.1. The highest BCUT2D eigenvalue weighted by Crippen LogP contribution is 2.32. The predicted octanol–water partition coefficient (Wildman–Crippen LogP) is 4.32. The summed E-state index contributed by atoms with van der Waals surface area (Å²) in [6.45, 7) is 7.64. The summed E-state index contributed by atoms with van der Waals surface area (Å²) in [7, 11) is 0. The fraction of sp³-hybridized carbons (Fsp3) is 0.161. The number of furan rings is 1. The fourth-order valence-corrected chi connectivity index (χ4v) is 5.53. The number of aromatic carboxylic acids is 1. The average Bonchev–Trinajstić information content (AvgIpc) is 3.55. The van der Waals surface area contributed by atoms with Gasteiger partial charge in [-0.05, 0) is 55.8 Å². The molecule has 1 N–H and O–H groups in total. The molecule has 5 rings (SSSR count). The number of esters is 1. The Bertz CT molecular complexity index is 1840. The van der Waals surface area contributed by atoms with E-state index < -0.39 is 18.0 Å². The predicted molar refractivity (Wildman–Crippen MR) is 154 cm³/mol. The molecule has 2 aromatic heterocycles. The summed E-state index contributed by atoms with van der Waals surface area (Å²) >= 11 is 1.19. The molecule has 1 aliphatic heterocycles. The number of thiazole rings is 1. The highest BCUT2D eigenvalue weighted by Gasteiger charge is 2.33. The van der Waals surface area contributed by atoms with Gasteiger partial charge in [-0.25, -0.2) is 14.6 Å². The number of carbonyl (C=O) groups is 2. The van der Waals surface area contributed by atoms with Crippen LogP contribution < -0.4 is 19.6 Å². The monoisotopic (exact) mass is 570 g/mol. The van der Waals surface area contributed by atoms with Crippen molar-refractivity contribution in [2.24, 2.45) is 4.99 Å². The van der Waals surface area contributed by atoms with Crippen LogP contribution in [0.3, 0.4) is 0 Å². The topological polar surface area (TPSA) is 120 Å². The molecule has 1 unspecified atom stereocenters. The molecule has 3 heterocycles. The summed E-state index contributed by atoms with van der Waals surface area (Å²) in [6, 6.07) is 16.2. The van der Waals surface area contributed by atoms with E-state index in [1.165, 1.54) is 28.0 Å². The molecule has 0 bridgehead atoms.